The number of hydrogen-bond acceptors (Lipinski definition) is 3. The zero-order valence-corrected chi connectivity index (χ0v) is 12.3. The van der Waals surface area contributed by atoms with Gasteiger partial charge >= 0.3 is 0 Å². The van der Waals surface area contributed by atoms with E-state index in [0.717, 1.165) is 16.6 Å². The number of pyridine rings is 2. The SMILES string of the molecule is C[C@H](N)c1cc2ccc(F)cc2nc1-c1ccccn1.Cl. The molecule has 0 unspecified atom stereocenters. The predicted octanol–water partition coefficient (Wildman–Crippen LogP) is 3.88. The van der Waals surface area contributed by atoms with Crippen molar-refractivity contribution >= 4 is 23.3 Å². The maximum Gasteiger partial charge on any atom is 0.125 e. The maximum atomic E-state index is 13.3. The lowest BCUT2D eigenvalue weighted by Crippen LogP contribution is -2.08. The lowest BCUT2D eigenvalue weighted by atomic mass is 10.0. The van der Waals surface area contributed by atoms with E-state index in [-0.39, 0.29) is 24.3 Å². The molecule has 0 fully saturated rings. The van der Waals surface area contributed by atoms with Gasteiger partial charge in [-0.15, -0.1) is 12.4 Å². The van der Waals surface area contributed by atoms with Gasteiger partial charge in [0.25, 0.3) is 0 Å². The predicted molar refractivity (Wildman–Crippen MR) is 84.8 cm³/mol. The van der Waals surface area contributed by atoms with Crippen LogP contribution in [0, 0.1) is 5.82 Å². The van der Waals surface area contributed by atoms with Gasteiger partial charge in [-0.3, -0.25) is 4.98 Å². The van der Waals surface area contributed by atoms with Crippen LogP contribution >= 0.6 is 12.4 Å². The Morgan fingerprint density at radius 2 is 1.95 bits per heavy atom. The number of nitrogens with two attached hydrogens (primary N) is 1. The summed E-state index contributed by atoms with van der Waals surface area (Å²) in [7, 11) is 0. The van der Waals surface area contributed by atoms with Gasteiger partial charge in [0, 0.05) is 23.7 Å². The molecule has 1 aromatic carbocycles. The molecule has 108 valence electrons. The van der Waals surface area contributed by atoms with Gasteiger partial charge in [-0.25, -0.2) is 9.37 Å². The molecular weight excluding hydrogens is 289 g/mol. The van der Waals surface area contributed by atoms with Gasteiger partial charge in [0.1, 0.15) is 5.82 Å². The molecule has 2 heterocycles. The Morgan fingerprint density at radius 1 is 1.14 bits per heavy atom. The molecule has 0 aliphatic carbocycles. The highest BCUT2D eigenvalue weighted by Crippen LogP contribution is 2.28. The Morgan fingerprint density at radius 3 is 2.62 bits per heavy atom. The van der Waals surface area contributed by atoms with Crippen LogP contribution in [0.25, 0.3) is 22.3 Å². The molecule has 2 aromatic heterocycles. The number of fused-ring (bicyclic) bond motifs is 1. The molecule has 1 atom stereocenters. The lowest BCUT2D eigenvalue weighted by molar-refractivity contribution is 0.629. The van der Waals surface area contributed by atoms with E-state index in [9.17, 15) is 4.39 Å². The Kier molecular flexibility index (Phi) is 4.50. The first-order valence-electron chi connectivity index (χ1n) is 6.42. The summed E-state index contributed by atoms with van der Waals surface area (Å²) in [5.41, 5.74) is 8.99. The number of halogens is 2. The summed E-state index contributed by atoms with van der Waals surface area (Å²) in [6.07, 6.45) is 1.71. The summed E-state index contributed by atoms with van der Waals surface area (Å²) in [5.74, 6) is -0.300. The van der Waals surface area contributed by atoms with Crippen molar-refractivity contribution < 1.29 is 4.39 Å². The molecule has 0 aliphatic rings. The molecule has 0 aliphatic heterocycles. The molecule has 0 amide bonds. The highest BCUT2D eigenvalue weighted by atomic mass is 35.5. The number of nitrogens with zero attached hydrogens (tertiary/aromatic N) is 2. The van der Waals surface area contributed by atoms with E-state index in [1.165, 1.54) is 12.1 Å². The van der Waals surface area contributed by atoms with E-state index in [4.69, 9.17) is 5.73 Å². The first kappa shape index (κ1) is 15.4. The highest BCUT2D eigenvalue weighted by molar-refractivity contribution is 5.85. The van der Waals surface area contributed by atoms with E-state index in [0.29, 0.717) is 11.2 Å². The Hall–Kier alpha value is -2.04. The zero-order valence-electron chi connectivity index (χ0n) is 11.5. The van der Waals surface area contributed by atoms with Gasteiger partial charge in [0.05, 0.1) is 16.9 Å². The highest BCUT2D eigenvalue weighted by Gasteiger charge is 2.13. The van der Waals surface area contributed by atoms with Crippen LogP contribution in [0.5, 0.6) is 0 Å². The third-order valence-electron chi connectivity index (χ3n) is 3.21. The van der Waals surface area contributed by atoms with Crippen molar-refractivity contribution in [3.05, 3.63) is 60.0 Å². The van der Waals surface area contributed by atoms with E-state index in [1.54, 1.807) is 12.3 Å². The fourth-order valence-corrected chi connectivity index (χ4v) is 2.21. The van der Waals surface area contributed by atoms with Gasteiger partial charge in [-0.2, -0.15) is 0 Å². The summed E-state index contributed by atoms with van der Waals surface area (Å²) >= 11 is 0. The molecule has 0 bridgehead atoms. The summed E-state index contributed by atoms with van der Waals surface area (Å²) in [5, 5.41) is 0.874. The van der Waals surface area contributed by atoms with Crippen molar-refractivity contribution in [2.45, 2.75) is 13.0 Å². The first-order valence-corrected chi connectivity index (χ1v) is 6.42. The molecule has 21 heavy (non-hydrogen) atoms. The minimum atomic E-state index is -0.300. The van der Waals surface area contributed by atoms with Crippen LogP contribution in [0.1, 0.15) is 18.5 Å². The average Bonchev–Trinajstić information content (AvgIpc) is 2.46. The lowest BCUT2D eigenvalue weighted by Gasteiger charge is -2.13. The van der Waals surface area contributed by atoms with Crippen LogP contribution in [0.4, 0.5) is 4.39 Å². The van der Waals surface area contributed by atoms with E-state index in [1.807, 2.05) is 31.2 Å². The quantitative estimate of drug-likeness (QED) is 0.781. The summed E-state index contributed by atoms with van der Waals surface area (Å²) in [4.78, 5) is 8.85. The number of hydrogen-bond donors (Lipinski definition) is 1. The number of aromatic nitrogens is 2. The van der Waals surface area contributed by atoms with E-state index in [2.05, 4.69) is 9.97 Å². The van der Waals surface area contributed by atoms with Crippen molar-refractivity contribution in [1.82, 2.24) is 9.97 Å². The molecular formula is C16H15ClFN3. The maximum absolute atomic E-state index is 13.3. The van der Waals surface area contributed by atoms with Gasteiger partial charge in [0.15, 0.2) is 0 Å². The topological polar surface area (TPSA) is 51.8 Å². The van der Waals surface area contributed by atoms with Crippen LogP contribution in [0.2, 0.25) is 0 Å². The molecule has 3 rings (SSSR count). The second-order valence-corrected chi connectivity index (χ2v) is 4.77. The second-order valence-electron chi connectivity index (χ2n) is 4.77. The van der Waals surface area contributed by atoms with Crippen LogP contribution in [0.15, 0.2) is 48.7 Å². The van der Waals surface area contributed by atoms with Gasteiger partial charge in [-0.1, -0.05) is 6.07 Å². The molecule has 2 N–H and O–H groups in total. The summed E-state index contributed by atoms with van der Waals surface area (Å²) in [6, 6.07) is 12.0. The Balaban J connectivity index is 0.00000161. The third-order valence-corrected chi connectivity index (χ3v) is 3.21. The fourth-order valence-electron chi connectivity index (χ4n) is 2.21. The standard InChI is InChI=1S/C16H14FN3.ClH/c1-10(18)13-8-11-5-6-12(17)9-15(11)20-16(13)14-4-2-3-7-19-14;/h2-10H,18H2,1H3;1H/t10-;/m0./s1. The molecule has 0 saturated carbocycles. The third kappa shape index (κ3) is 3.01. The van der Waals surface area contributed by atoms with Gasteiger partial charge in [-0.05, 0) is 42.8 Å². The molecule has 3 nitrogen and oxygen atoms in total. The second kappa shape index (κ2) is 6.16. The largest absolute Gasteiger partial charge is 0.324 e. The van der Waals surface area contributed by atoms with E-state index < -0.39 is 0 Å². The minimum absolute atomic E-state index is 0. The van der Waals surface area contributed by atoms with Crippen molar-refractivity contribution in [2.24, 2.45) is 5.73 Å². The minimum Gasteiger partial charge on any atom is -0.324 e. The average molecular weight is 304 g/mol. The van der Waals surface area contributed by atoms with Crippen molar-refractivity contribution in [3.63, 3.8) is 0 Å². The van der Waals surface area contributed by atoms with Gasteiger partial charge in [0.2, 0.25) is 0 Å². The fraction of sp³-hybridized carbons (Fsp3) is 0.125. The van der Waals surface area contributed by atoms with Crippen LogP contribution in [-0.4, -0.2) is 9.97 Å². The molecule has 3 aromatic rings. The number of rotatable bonds is 2. The van der Waals surface area contributed by atoms with Crippen LogP contribution in [0.3, 0.4) is 0 Å². The first-order chi connectivity index (χ1) is 9.65. The van der Waals surface area contributed by atoms with Crippen LogP contribution in [-0.2, 0) is 0 Å². The molecule has 0 radical (unpaired) electrons. The van der Waals surface area contributed by atoms with Crippen LogP contribution < -0.4 is 5.73 Å². The molecule has 5 heteroatoms. The van der Waals surface area contributed by atoms with E-state index >= 15 is 0 Å². The zero-order chi connectivity index (χ0) is 14.1. The summed E-state index contributed by atoms with van der Waals surface area (Å²) < 4.78 is 13.3. The smallest absolute Gasteiger partial charge is 0.125 e. The molecule has 0 spiro atoms. The van der Waals surface area contributed by atoms with Gasteiger partial charge < -0.3 is 5.73 Å². The van der Waals surface area contributed by atoms with Crippen molar-refractivity contribution in [2.75, 3.05) is 0 Å². The monoisotopic (exact) mass is 303 g/mol. The van der Waals surface area contributed by atoms with Crippen molar-refractivity contribution in [3.8, 4) is 11.4 Å². The summed E-state index contributed by atoms with van der Waals surface area (Å²) in [6.45, 7) is 1.90. The Labute approximate surface area is 128 Å². The normalized spacial score (nSPS) is 12.0. The number of benzene rings is 1. The van der Waals surface area contributed by atoms with Crippen molar-refractivity contribution in [1.29, 1.82) is 0 Å². The molecule has 0 saturated heterocycles. The Bertz CT molecular complexity index is 760.